The summed E-state index contributed by atoms with van der Waals surface area (Å²) in [4.78, 5) is 23.7. The number of Topliss-reactive ketones (excluding diaryl/α,β-unsaturated/α-hetero) is 1. The zero-order valence-corrected chi connectivity index (χ0v) is 17.5. The predicted molar refractivity (Wildman–Crippen MR) is 88.5 cm³/mol. The second-order valence-corrected chi connectivity index (χ2v) is 7.80. The van der Waals surface area contributed by atoms with Gasteiger partial charge >= 0.3 is 29.6 Å². The van der Waals surface area contributed by atoms with E-state index in [1.165, 1.54) is 0 Å². The van der Waals surface area contributed by atoms with Crippen LogP contribution in [0.5, 0.6) is 0 Å². The van der Waals surface area contributed by atoms with Gasteiger partial charge in [0.15, 0.2) is 0 Å². The van der Waals surface area contributed by atoms with Crippen LogP contribution in [-0.4, -0.2) is 37.0 Å². The standard InChI is InChI=1S/C17H23NO5S.Na/c1-12(17(20)18-9-10-24(21,22)23)14-7-5-13(6-8-14)11-15-3-2-4-16(15)19;/h5-8,12,15H,2-4,9-11H2,1H3,(H,18,20)(H,21,22,23);/q;+1/p-1/t12-,15?;/m0./s1. The van der Waals surface area contributed by atoms with Crippen LogP contribution in [0.4, 0.5) is 0 Å². The number of rotatable bonds is 7. The normalized spacial score (nSPS) is 18.5. The number of carbonyl (C=O) groups excluding carboxylic acids is 2. The minimum absolute atomic E-state index is 0. The van der Waals surface area contributed by atoms with Crippen LogP contribution in [0.2, 0.25) is 0 Å². The minimum Gasteiger partial charge on any atom is -0.748 e. The number of hydrogen-bond donors (Lipinski definition) is 1. The molecule has 0 saturated heterocycles. The fraction of sp³-hybridized carbons (Fsp3) is 0.529. The van der Waals surface area contributed by atoms with Crippen LogP contribution in [-0.2, 0) is 26.1 Å². The molecular formula is C17H22NNaO5S. The average Bonchev–Trinajstić information content (AvgIpc) is 2.91. The number of nitrogens with one attached hydrogen (secondary N) is 1. The molecule has 0 heterocycles. The van der Waals surface area contributed by atoms with Crippen molar-refractivity contribution in [1.29, 1.82) is 0 Å². The second-order valence-electron chi connectivity index (χ2n) is 6.28. The molecule has 132 valence electrons. The third-order valence-corrected chi connectivity index (χ3v) is 5.14. The van der Waals surface area contributed by atoms with Crippen molar-refractivity contribution in [2.45, 2.75) is 38.5 Å². The van der Waals surface area contributed by atoms with Gasteiger partial charge < -0.3 is 9.87 Å². The first-order chi connectivity index (χ1) is 11.3. The third-order valence-electron chi connectivity index (χ3n) is 4.44. The maximum Gasteiger partial charge on any atom is 1.00 e. The Labute approximate surface area is 170 Å². The molecule has 1 unspecified atom stereocenters. The fourth-order valence-electron chi connectivity index (χ4n) is 2.93. The molecule has 0 aliphatic heterocycles. The van der Waals surface area contributed by atoms with E-state index in [0.717, 1.165) is 30.4 Å². The van der Waals surface area contributed by atoms with Gasteiger partial charge in [0.25, 0.3) is 0 Å². The van der Waals surface area contributed by atoms with E-state index in [4.69, 9.17) is 0 Å². The Balaban J connectivity index is 0.00000312. The molecule has 1 aliphatic carbocycles. The fourth-order valence-corrected chi connectivity index (χ4v) is 3.29. The summed E-state index contributed by atoms with van der Waals surface area (Å²) < 4.78 is 31.6. The predicted octanol–water partition coefficient (Wildman–Crippen LogP) is -1.63. The molecule has 2 rings (SSSR count). The Morgan fingerprint density at radius 3 is 2.48 bits per heavy atom. The summed E-state index contributed by atoms with van der Waals surface area (Å²) in [5, 5.41) is 2.45. The van der Waals surface area contributed by atoms with E-state index < -0.39 is 21.8 Å². The first-order valence-corrected chi connectivity index (χ1v) is 9.67. The van der Waals surface area contributed by atoms with Gasteiger partial charge in [-0.25, -0.2) is 8.42 Å². The molecule has 8 heteroatoms. The van der Waals surface area contributed by atoms with E-state index >= 15 is 0 Å². The molecule has 1 fully saturated rings. The molecule has 1 aliphatic rings. The second kappa shape index (κ2) is 9.83. The van der Waals surface area contributed by atoms with Crippen LogP contribution >= 0.6 is 0 Å². The summed E-state index contributed by atoms with van der Waals surface area (Å²) in [6.07, 6.45) is 3.33. The van der Waals surface area contributed by atoms with Crippen molar-refractivity contribution in [3.05, 3.63) is 35.4 Å². The number of amides is 1. The maximum absolute atomic E-state index is 12.0. The zero-order valence-electron chi connectivity index (χ0n) is 14.7. The number of carbonyl (C=O) groups is 2. The molecule has 1 aromatic rings. The van der Waals surface area contributed by atoms with Crippen LogP contribution in [0.15, 0.2) is 24.3 Å². The van der Waals surface area contributed by atoms with E-state index in [2.05, 4.69) is 5.32 Å². The van der Waals surface area contributed by atoms with Crippen molar-refractivity contribution in [3.63, 3.8) is 0 Å². The average molecular weight is 375 g/mol. The summed E-state index contributed by atoms with van der Waals surface area (Å²) in [5.74, 6) is -0.926. The van der Waals surface area contributed by atoms with Crippen molar-refractivity contribution in [2.75, 3.05) is 12.3 Å². The van der Waals surface area contributed by atoms with Crippen molar-refractivity contribution in [3.8, 4) is 0 Å². The monoisotopic (exact) mass is 375 g/mol. The summed E-state index contributed by atoms with van der Waals surface area (Å²) in [7, 11) is -4.32. The summed E-state index contributed by atoms with van der Waals surface area (Å²) in [6.45, 7) is 1.54. The van der Waals surface area contributed by atoms with Gasteiger partial charge in [-0.05, 0) is 37.3 Å². The van der Waals surface area contributed by atoms with Gasteiger partial charge in [-0.1, -0.05) is 24.3 Å². The van der Waals surface area contributed by atoms with E-state index in [0.29, 0.717) is 12.2 Å². The maximum atomic E-state index is 12.0. The molecule has 1 amide bonds. The van der Waals surface area contributed by atoms with Crippen LogP contribution in [0.1, 0.15) is 43.2 Å². The van der Waals surface area contributed by atoms with Crippen LogP contribution in [0.25, 0.3) is 0 Å². The molecule has 0 spiro atoms. The minimum atomic E-state index is -4.32. The number of ketones is 1. The Morgan fingerprint density at radius 2 is 1.96 bits per heavy atom. The molecule has 0 bridgehead atoms. The van der Waals surface area contributed by atoms with E-state index in [1.807, 2.05) is 24.3 Å². The van der Waals surface area contributed by atoms with Crippen molar-refractivity contribution in [2.24, 2.45) is 5.92 Å². The topological polar surface area (TPSA) is 103 Å². The van der Waals surface area contributed by atoms with Crippen molar-refractivity contribution < 1.29 is 52.1 Å². The number of hydrogen-bond acceptors (Lipinski definition) is 5. The van der Waals surface area contributed by atoms with Crippen LogP contribution in [0.3, 0.4) is 0 Å². The van der Waals surface area contributed by atoms with Crippen molar-refractivity contribution in [1.82, 2.24) is 5.32 Å². The molecule has 2 atom stereocenters. The van der Waals surface area contributed by atoms with E-state index in [9.17, 15) is 22.6 Å². The Bertz CT molecular complexity index is 702. The van der Waals surface area contributed by atoms with Crippen LogP contribution in [0, 0.1) is 5.92 Å². The molecule has 1 aromatic carbocycles. The SMILES string of the molecule is C[C@H](C(=O)NCCS(=O)(=O)[O-])c1ccc(CC2CCCC2=O)cc1.[Na+]. The van der Waals surface area contributed by atoms with E-state index in [1.54, 1.807) is 6.92 Å². The molecule has 1 saturated carbocycles. The summed E-state index contributed by atoms with van der Waals surface area (Å²) in [5.41, 5.74) is 1.88. The first kappa shape index (κ1) is 22.3. The quantitative estimate of drug-likeness (QED) is 0.455. The van der Waals surface area contributed by atoms with Gasteiger partial charge in [-0.2, -0.15) is 0 Å². The molecular weight excluding hydrogens is 353 g/mol. The van der Waals surface area contributed by atoms with Crippen LogP contribution < -0.4 is 34.9 Å². The number of benzene rings is 1. The Hall–Kier alpha value is -0.730. The smallest absolute Gasteiger partial charge is 0.748 e. The molecule has 0 aromatic heterocycles. The van der Waals surface area contributed by atoms with Crippen molar-refractivity contribution >= 4 is 21.8 Å². The first-order valence-electron chi connectivity index (χ1n) is 8.09. The Kier molecular flexibility index (Phi) is 8.77. The Morgan fingerprint density at radius 1 is 1.32 bits per heavy atom. The molecule has 25 heavy (non-hydrogen) atoms. The van der Waals surface area contributed by atoms with E-state index in [-0.39, 0.29) is 47.9 Å². The third kappa shape index (κ3) is 7.19. The van der Waals surface area contributed by atoms with Gasteiger partial charge in [0.05, 0.1) is 21.8 Å². The zero-order chi connectivity index (χ0) is 17.7. The van der Waals surface area contributed by atoms with Gasteiger partial charge in [-0.15, -0.1) is 0 Å². The summed E-state index contributed by atoms with van der Waals surface area (Å²) in [6, 6.07) is 7.55. The summed E-state index contributed by atoms with van der Waals surface area (Å²) >= 11 is 0. The van der Waals surface area contributed by atoms with Gasteiger partial charge in [-0.3, -0.25) is 9.59 Å². The molecule has 0 radical (unpaired) electrons. The van der Waals surface area contributed by atoms with Gasteiger partial charge in [0.2, 0.25) is 5.91 Å². The largest absolute Gasteiger partial charge is 1.00 e. The molecule has 1 N–H and O–H groups in total. The van der Waals surface area contributed by atoms with Gasteiger partial charge in [0.1, 0.15) is 5.78 Å². The molecule has 6 nitrogen and oxygen atoms in total. The van der Waals surface area contributed by atoms with Gasteiger partial charge in [0, 0.05) is 18.9 Å².